The van der Waals surface area contributed by atoms with Gasteiger partial charge in [0.05, 0.1) is 5.75 Å². The number of aliphatic carboxylic acids is 1. The van der Waals surface area contributed by atoms with Gasteiger partial charge in [-0.2, -0.15) is 0 Å². The van der Waals surface area contributed by atoms with E-state index >= 15 is 0 Å². The van der Waals surface area contributed by atoms with Crippen molar-refractivity contribution >= 4 is 16.0 Å². The Morgan fingerprint density at radius 1 is 1.26 bits per heavy atom. The van der Waals surface area contributed by atoms with Crippen LogP contribution in [0.2, 0.25) is 0 Å². The molecule has 0 saturated heterocycles. The van der Waals surface area contributed by atoms with Gasteiger partial charge in [0.1, 0.15) is 0 Å². The molecule has 0 unspecified atom stereocenters. The normalized spacial score (nSPS) is 11.5. The lowest BCUT2D eigenvalue weighted by Crippen LogP contribution is -2.26. The number of hydrogen-bond acceptors (Lipinski definition) is 3. The van der Waals surface area contributed by atoms with Crippen molar-refractivity contribution in [2.75, 3.05) is 6.54 Å². The fourth-order valence-corrected chi connectivity index (χ4v) is 2.81. The lowest BCUT2D eigenvalue weighted by Gasteiger charge is -2.08. The predicted octanol–water partition coefficient (Wildman–Crippen LogP) is 1.59. The maximum Gasteiger partial charge on any atom is 0.303 e. The average molecular weight is 285 g/mol. The maximum atomic E-state index is 11.8. The molecule has 0 aliphatic carbocycles. The molecular formula is C13H19NO4S. The van der Waals surface area contributed by atoms with Crippen molar-refractivity contribution in [1.82, 2.24) is 4.72 Å². The van der Waals surface area contributed by atoms with Crippen molar-refractivity contribution in [2.45, 2.75) is 32.4 Å². The fraction of sp³-hybridized carbons (Fsp3) is 0.462. The van der Waals surface area contributed by atoms with Crippen LogP contribution >= 0.6 is 0 Å². The van der Waals surface area contributed by atoms with Crippen LogP contribution in [0.5, 0.6) is 0 Å². The molecule has 2 N–H and O–H groups in total. The standard InChI is InChI=1S/C13H19NO4S/c1-10-5-6-12(8-11(10)2)9-19(17,18)14-7-3-4-13(15)16/h5-6,8,14H,3-4,7,9H2,1-2H3,(H,15,16). The first-order valence-electron chi connectivity index (χ1n) is 6.05. The van der Waals surface area contributed by atoms with E-state index in [1.54, 1.807) is 6.07 Å². The maximum absolute atomic E-state index is 11.8. The number of nitrogens with one attached hydrogen (secondary N) is 1. The van der Waals surface area contributed by atoms with Crippen molar-refractivity contribution in [2.24, 2.45) is 0 Å². The summed E-state index contributed by atoms with van der Waals surface area (Å²) in [6.45, 7) is 4.06. The van der Waals surface area contributed by atoms with Crippen LogP contribution in [0.4, 0.5) is 0 Å². The molecule has 1 aromatic rings. The van der Waals surface area contributed by atoms with Crippen molar-refractivity contribution in [3.05, 3.63) is 34.9 Å². The van der Waals surface area contributed by atoms with Crippen LogP contribution < -0.4 is 4.72 Å². The van der Waals surface area contributed by atoms with Crippen LogP contribution in [-0.4, -0.2) is 26.0 Å². The van der Waals surface area contributed by atoms with Crippen molar-refractivity contribution in [1.29, 1.82) is 0 Å². The molecule has 0 aromatic heterocycles. The molecule has 5 nitrogen and oxygen atoms in total. The third kappa shape index (κ3) is 5.85. The molecule has 0 bridgehead atoms. The molecule has 0 amide bonds. The molecule has 1 rings (SSSR count). The van der Waals surface area contributed by atoms with Crippen LogP contribution in [0.3, 0.4) is 0 Å². The highest BCUT2D eigenvalue weighted by molar-refractivity contribution is 7.88. The van der Waals surface area contributed by atoms with E-state index in [0.717, 1.165) is 16.7 Å². The van der Waals surface area contributed by atoms with E-state index in [1.807, 2.05) is 26.0 Å². The molecule has 1 aromatic carbocycles. The Morgan fingerprint density at radius 2 is 1.95 bits per heavy atom. The fourth-order valence-electron chi connectivity index (χ4n) is 1.63. The Balaban J connectivity index is 2.54. The minimum atomic E-state index is -3.41. The number of benzene rings is 1. The van der Waals surface area contributed by atoms with Crippen LogP contribution in [0.15, 0.2) is 18.2 Å². The van der Waals surface area contributed by atoms with Crippen molar-refractivity contribution in [3.63, 3.8) is 0 Å². The summed E-state index contributed by atoms with van der Waals surface area (Å²) in [5.74, 6) is -1.00. The largest absolute Gasteiger partial charge is 0.481 e. The Morgan fingerprint density at radius 3 is 2.53 bits per heavy atom. The summed E-state index contributed by atoms with van der Waals surface area (Å²) in [7, 11) is -3.41. The lowest BCUT2D eigenvalue weighted by molar-refractivity contribution is -0.137. The average Bonchev–Trinajstić information content (AvgIpc) is 2.29. The molecule has 6 heteroatoms. The van der Waals surface area contributed by atoms with Crippen molar-refractivity contribution < 1.29 is 18.3 Å². The molecule has 106 valence electrons. The second-order valence-electron chi connectivity index (χ2n) is 4.57. The monoisotopic (exact) mass is 285 g/mol. The Labute approximate surface area is 113 Å². The summed E-state index contributed by atoms with van der Waals surface area (Å²) in [4.78, 5) is 10.3. The van der Waals surface area contributed by atoms with Crippen LogP contribution in [-0.2, 0) is 20.6 Å². The summed E-state index contributed by atoms with van der Waals surface area (Å²) in [5, 5.41) is 8.46. The molecule has 0 atom stereocenters. The number of rotatable bonds is 7. The highest BCUT2D eigenvalue weighted by Crippen LogP contribution is 2.12. The van der Waals surface area contributed by atoms with Gasteiger partial charge in [0.2, 0.25) is 10.0 Å². The molecule has 0 spiro atoms. The van der Waals surface area contributed by atoms with Gasteiger partial charge in [-0.05, 0) is 37.0 Å². The topological polar surface area (TPSA) is 83.5 Å². The molecule has 0 radical (unpaired) electrons. The Kier molecular flexibility index (Phi) is 5.50. The van der Waals surface area contributed by atoms with Crippen LogP contribution in [0.25, 0.3) is 0 Å². The van der Waals surface area contributed by atoms with Gasteiger partial charge in [0.15, 0.2) is 0 Å². The first kappa shape index (κ1) is 15.7. The van der Waals surface area contributed by atoms with Gasteiger partial charge < -0.3 is 5.11 Å². The third-order valence-electron chi connectivity index (χ3n) is 2.82. The number of carbonyl (C=O) groups is 1. The summed E-state index contributed by atoms with van der Waals surface area (Å²) in [5.41, 5.74) is 2.91. The Bertz CT molecular complexity index is 552. The van der Waals surface area contributed by atoms with E-state index in [9.17, 15) is 13.2 Å². The quantitative estimate of drug-likeness (QED) is 0.745. The molecule has 0 fully saturated rings. The highest BCUT2D eigenvalue weighted by Gasteiger charge is 2.11. The number of sulfonamides is 1. The first-order valence-corrected chi connectivity index (χ1v) is 7.70. The smallest absolute Gasteiger partial charge is 0.303 e. The minimum absolute atomic E-state index is 0.0356. The lowest BCUT2D eigenvalue weighted by atomic mass is 10.1. The highest BCUT2D eigenvalue weighted by atomic mass is 32.2. The molecular weight excluding hydrogens is 266 g/mol. The predicted molar refractivity (Wildman–Crippen MR) is 73.4 cm³/mol. The summed E-state index contributed by atoms with van der Waals surface area (Å²) < 4.78 is 26.0. The molecule has 0 heterocycles. The summed E-state index contributed by atoms with van der Waals surface area (Å²) in [6, 6.07) is 5.54. The summed E-state index contributed by atoms with van der Waals surface area (Å²) >= 11 is 0. The van der Waals surface area contributed by atoms with Crippen LogP contribution in [0.1, 0.15) is 29.5 Å². The van der Waals surface area contributed by atoms with Gasteiger partial charge >= 0.3 is 5.97 Å². The van der Waals surface area contributed by atoms with E-state index in [0.29, 0.717) is 6.42 Å². The van der Waals surface area contributed by atoms with E-state index < -0.39 is 16.0 Å². The third-order valence-corrected chi connectivity index (χ3v) is 4.17. The first-order chi connectivity index (χ1) is 8.80. The number of aryl methyl sites for hydroxylation is 2. The minimum Gasteiger partial charge on any atom is -0.481 e. The van der Waals surface area contributed by atoms with Gasteiger partial charge in [0, 0.05) is 13.0 Å². The molecule has 0 aliphatic heterocycles. The van der Waals surface area contributed by atoms with Gasteiger partial charge in [-0.1, -0.05) is 18.2 Å². The molecule has 0 aliphatic rings. The summed E-state index contributed by atoms with van der Waals surface area (Å²) in [6.07, 6.45) is 0.258. The SMILES string of the molecule is Cc1ccc(CS(=O)(=O)NCCCC(=O)O)cc1C. The Hall–Kier alpha value is -1.40. The van der Waals surface area contributed by atoms with Gasteiger partial charge in [0.25, 0.3) is 0 Å². The number of hydrogen-bond donors (Lipinski definition) is 2. The second-order valence-corrected chi connectivity index (χ2v) is 6.38. The van der Waals surface area contributed by atoms with E-state index in [1.165, 1.54) is 0 Å². The zero-order chi connectivity index (χ0) is 14.5. The molecule has 19 heavy (non-hydrogen) atoms. The zero-order valence-electron chi connectivity index (χ0n) is 11.1. The van der Waals surface area contributed by atoms with Crippen molar-refractivity contribution in [3.8, 4) is 0 Å². The van der Waals surface area contributed by atoms with Gasteiger partial charge in [-0.15, -0.1) is 0 Å². The van der Waals surface area contributed by atoms with Crippen LogP contribution in [0, 0.1) is 13.8 Å². The van der Waals surface area contributed by atoms with E-state index in [2.05, 4.69) is 4.72 Å². The van der Waals surface area contributed by atoms with E-state index in [4.69, 9.17) is 5.11 Å². The molecule has 0 saturated carbocycles. The number of carboxylic acid groups (broad SMARTS) is 1. The second kappa shape index (κ2) is 6.68. The van der Waals surface area contributed by atoms with Gasteiger partial charge in [-0.25, -0.2) is 13.1 Å². The van der Waals surface area contributed by atoms with E-state index in [-0.39, 0.29) is 18.7 Å². The zero-order valence-corrected chi connectivity index (χ0v) is 12.0. The number of carboxylic acids is 1. The van der Waals surface area contributed by atoms with Gasteiger partial charge in [-0.3, -0.25) is 4.79 Å².